The molecule has 0 amide bonds. The lowest BCUT2D eigenvalue weighted by Gasteiger charge is -2.18. The van der Waals surface area contributed by atoms with Gasteiger partial charge in [0.15, 0.2) is 5.78 Å². The lowest BCUT2D eigenvalue weighted by Crippen LogP contribution is -2.21. The number of nitrogens with zero attached hydrogens (tertiary/aromatic N) is 1. The van der Waals surface area contributed by atoms with E-state index < -0.39 is 0 Å². The van der Waals surface area contributed by atoms with Crippen LogP contribution < -0.4 is 4.90 Å². The zero-order valence-electron chi connectivity index (χ0n) is 12.8. The van der Waals surface area contributed by atoms with Gasteiger partial charge in [0, 0.05) is 29.9 Å². The maximum absolute atomic E-state index is 12.6. The fraction of sp³-hybridized carbons (Fsp3) is 0.389. The third kappa shape index (κ3) is 3.01. The Morgan fingerprint density at radius 2 is 1.90 bits per heavy atom. The summed E-state index contributed by atoms with van der Waals surface area (Å²) in [4.78, 5) is 14.6. The smallest absolute Gasteiger partial charge is 0.169 e. The molecule has 1 aliphatic carbocycles. The van der Waals surface area contributed by atoms with Gasteiger partial charge in [-0.05, 0) is 45.7 Å². The van der Waals surface area contributed by atoms with E-state index in [0.29, 0.717) is 0 Å². The van der Waals surface area contributed by atoms with Crippen LogP contribution >= 0.6 is 0 Å². The number of Topliss-reactive ketones (excluding diaryl/α,β-unsaturated/α-hetero) is 1. The van der Waals surface area contributed by atoms with Gasteiger partial charge in [0.05, 0.1) is 0 Å². The predicted molar refractivity (Wildman–Crippen MR) is 84.7 cm³/mol. The molecule has 106 valence electrons. The Morgan fingerprint density at radius 1 is 1.25 bits per heavy atom. The molecule has 1 atom stereocenters. The number of hydrogen-bond donors (Lipinski definition) is 0. The minimum absolute atomic E-state index is 0.265. The fourth-order valence-electron chi connectivity index (χ4n) is 2.86. The van der Waals surface area contributed by atoms with Crippen LogP contribution in [-0.4, -0.2) is 12.8 Å². The van der Waals surface area contributed by atoms with Gasteiger partial charge in [0.2, 0.25) is 0 Å². The first-order valence-electron chi connectivity index (χ1n) is 7.12. The summed E-state index contributed by atoms with van der Waals surface area (Å²) in [6, 6.07) is 10.1. The number of anilines is 1. The van der Waals surface area contributed by atoms with Crippen LogP contribution in [0.2, 0.25) is 0 Å². The van der Waals surface area contributed by atoms with E-state index in [1.54, 1.807) is 0 Å². The Balaban J connectivity index is 2.21. The molecule has 0 N–H and O–H groups in total. The predicted octanol–water partition coefficient (Wildman–Crippen LogP) is 4.34. The van der Waals surface area contributed by atoms with E-state index in [0.717, 1.165) is 24.1 Å². The van der Waals surface area contributed by atoms with Crippen molar-refractivity contribution in [3.63, 3.8) is 0 Å². The van der Waals surface area contributed by atoms with E-state index in [4.69, 9.17) is 0 Å². The minimum Gasteiger partial charge on any atom is -0.351 e. The Morgan fingerprint density at radius 3 is 2.50 bits per heavy atom. The van der Waals surface area contributed by atoms with Gasteiger partial charge in [-0.3, -0.25) is 4.79 Å². The first-order valence-corrected chi connectivity index (χ1v) is 7.12. The van der Waals surface area contributed by atoms with E-state index in [9.17, 15) is 4.79 Å². The van der Waals surface area contributed by atoms with Gasteiger partial charge in [0.1, 0.15) is 0 Å². The van der Waals surface area contributed by atoms with Crippen molar-refractivity contribution in [3.05, 3.63) is 53.8 Å². The number of rotatable bonds is 3. The zero-order chi connectivity index (χ0) is 14.8. The van der Waals surface area contributed by atoms with Crippen LogP contribution in [0.4, 0.5) is 5.69 Å². The number of allylic oxidation sites excluding steroid dienone is 3. The van der Waals surface area contributed by atoms with Crippen molar-refractivity contribution >= 4 is 11.5 Å². The summed E-state index contributed by atoms with van der Waals surface area (Å²) in [5.74, 6) is 0.265. The molecule has 0 radical (unpaired) electrons. The van der Waals surface area contributed by atoms with Crippen molar-refractivity contribution in [2.24, 2.45) is 5.41 Å². The summed E-state index contributed by atoms with van der Waals surface area (Å²) in [5, 5.41) is 0. The van der Waals surface area contributed by atoms with Crippen LogP contribution in [-0.2, 0) is 4.79 Å². The molecule has 2 rings (SSSR count). The second-order valence-corrected chi connectivity index (χ2v) is 6.07. The summed E-state index contributed by atoms with van der Waals surface area (Å²) < 4.78 is 0. The molecule has 1 fully saturated rings. The Labute approximate surface area is 121 Å². The Hall–Kier alpha value is -1.83. The van der Waals surface area contributed by atoms with E-state index in [-0.39, 0.29) is 11.2 Å². The molecular weight excluding hydrogens is 246 g/mol. The second kappa shape index (κ2) is 5.66. The minimum atomic E-state index is -0.317. The average molecular weight is 269 g/mol. The summed E-state index contributed by atoms with van der Waals surface area (Å²) in [5.41, 5.74) is 2.92. The number of carbonyl (C=O) groups excluding carboxylic acids is 1. The first-order chi connectivity index (χ1) is 9.42. The average Bonchev–Trinajstić information content (AvgIpc) is 2.67. The largest absolute Gasteiger partial charge is 0.351 e. The van der Waals surface area contributed by atoms with Crippen LogP contribution in [0.3, 0.4) is 0 Å². The van der Waals surface area contributed by atoms with Gasteiger partial charge in [0.25, 0.3) is 0 Å². The topological polar surface area (TPSA) is 20.3 Å². The number of hydrogen-bond acceptors (Lipinski definition) is 2. The summed E-state index contributed by atoms with van der Waals surface area (Å²) in [7, 11) is 1.99. The number of benzene rings is 1. The molecule has 2 heteroatoms. The van der Waals surface area contributed by atoms with Gasteiger partial charge in [-0.1, -0.05) is 29.8 Å². The molecule has 1 unspecified atom stereocenters. The van der Waals surface area contributed by atoms with Crippen molar-refractivity contribution in [2.45, 2.75) is 33.6 Å². The lowest BCUT2D eigenvalue weighted by atomic mass is 9.85. The zero-order valence-corrected chi connectivity index (χ0v) is 12.8. The number of carbonyl (C=O) groups is 1. The maximum Gasteiger partial charge on any atom is 0.169 e. The highest BCUT2D eigenvalue weighted by Gasteiger charge is 2.38. The van der Waals surface area contributed by atoms with Gasteiger partial charge >= 0.3 is 0 Å². The molecule has 2 nitrogen and oxygen atoms in total. The third-order valence-electron chi connectivity index (χ3n) is 3.84. The highest BCUT2D eigenvalue weighted by molar-refractivity contribution is 6.03. The first kappa shape index (κ1) is 14.6. The summed E-state index contributed by atoms with van der Waals surface area (Å²) in [6.07, 6.45) is 5.86. The monoisotopic (exact) mass is 269 g/mol. The van der Waals surface area contributed by atoms with Gasteiger partial charge in [-0.2, -0.15) is 0 Å². The van der Waals surface area contributed by atoms with E-state index in [1.807, 2.05) is 55.4 Å². The maximum atomic E-state index is 12.6. The molecule has 0 heterocycles. The fourth-order valence-corrected chi connectivity index (χ4v) is 2.86. The molecule has 1 aliphatic rings. The molecular formula is C18H23NO. The third-order valence-corrected chi connectivity index (χ3v) is 3.84. The van der Waals surface area contributed by atoms with Gasteiger partial charge in [-0.15, -0.1) is 0 Å². The van der Waals surface area contributed by atoms with Crippen LogP contribution in [0.5, 0.6) is 0 Å². The normalized spacial score (nSPS) is 24.0. The SMILES string of the molecule is CC(C)=CC1(C)CC/C(=C/N(C)c2ccccc2)C1=O. The van der Waals surface area contributed by atoms with Crippen LogP contribution in [0, 0.1) is 5.41 Å². The van der Waals surface area contributed by atoms with Crippen molar-refractivity contribution < 1.29 is 4.79 Å². The standard InChI is InChI=1S/C18H23NO/c1-14(2)12-18(3)11-10-15(17(18)20)13-19(4)16-8-6-5-7-9-16/h5-9,12-13H,10-11H2,1-4H3/b15-13-. The lowest BCUT2D eigenvalue weighted by molar-refractivity contribution is -0.120. The molecule has 1 aromatic rings. The van der Waals surface area contributed by atoms with Gasteiger partial charge < -0.3 is 4.90 Å². The van der Waals surface area contributed by atoms with E-state index in [1.165, 1.54) is 5.57 Å². The summed E-state index contributed by atoms with van der Waals surface area (Å²) in [6.45, 7) is 6.15. The van der Waals surface area contributed by atoms with E-state index >= 15 is 0 Å². The van der Waals surface area contributed by atoms with Crippen LogP contribution in [0.1, 0.15) is 33.6 Å². The van der Waals surface area contributed by atoms with Crippen LogP contribution in [0.25, 0.3) is 0 Å². The molecule has 0 bridgehead atoms. The molecule has 1 aromatic carbocycles. The van der Waals surface area contributed by atoms with Crippen LogP contribution in [0.15, 0.2) is 53.8 Å². The van der Waals surface area contributed by atoms with E-state index in [2.05, 4.69) is 19.9 Å². The van der Waals surface area contributed by atoms with Crippen molar-refractivity contribution in [3.8, 4) is 0 Å². The van der Waals surface area contributed by atoms with Crippen molar-refractivity contribution in [2.75, 3.05) is 11.9 Å². The molecule has 0 aromatic heterocycles. The number of para-hydroxylation sites is 1. The molecule has 0 spiro atoms. The summed E-state index contributed by atoms with van der Waals surface area (Å²) >= 11 is 0. The highest BCUT2D eigenvalue weighted by atomic mass is 16.1. The highest BCUT2D eigenvalue weighted by Crippen LogP contribution is 2.40. The van der Waals surface area contributed by atoms with Crippen molar-refractivity contribution in [1.29, 1.82) is 0 Å². The van der Waals surface area contributed by atoms with Gasteiger partial charge in [-0.25, -0.2) is 0 Å². The molecule has 20 heavy (non-hydrogen) atoms. The number of ketones is 1. The quantitative estimate of drug-likeness (QED) is 0.601. The second-order valence-electron chi connectivity index (χ2n) is 6.07. The molecule has 0 aliphatic heterocycles. The molecule has 0 saturated heterocycles. The molecule has 1 saturated carbocycles. The van der Waals surface area contributed by atoms with Crippen molar-refractivity contribution in [1.82, 2.24) is 0 Å². The Kier molecular flexibility index (Phi) is 4.12. The Bertz CT molecular complexity index is 552.